The Hall–Kier alpha value is -1.47. The highest BCUT2D eigenvalue weighted by Crippen LogP contribution is 2.33. The Kier molecular flexibility index (Phi) is 36.8. The molecule has 12 N–H and O–H groups in total. The van der Waals surface area contributed by atoms with Gasteiger partial charge in [0.15, 0.2) is 18.9 Å². The highest BCUT2D eigenvalue weighted by molar-refractivity contribution is 5.76. The molecule has 0 aromatic heterocycles. The van der Waals surface area contributed by atoms with Crippen molar-refractivity contribution in [3.63, 3.8) is 0 Å². The van der Waals surface area contributed by atoms with Gasteiger partial charge in [0.2, 0.25) is 5.91 Å². The van der Waals surface area contributed by atoms with Gasteiger partial charge in [0.25, 0.3) is 0 Å². The van der Waals surface area contributed by atoms with Crippen LogP contribution in [0.4, 0.5) is 0 Å². The lowest BCUT2D eigenvalue weighted by Crippen LogP contribution is -2.66. The molecule has 0 bridgehead atoms. The molecule has 17 unspecified atom stereocenters. The summed E-state index contributed by atoms with van der Waals surface area (Å²) in [6.07, 6.45) is 12.0. The van der Waals surface area contributed by atoms with Crippen molar-refractivity contribution in [3.05, 3.63) is 12.2 Å². The first kappa shape index (κ1) is 67.8. The number of amides is 1. The summed E-state index contributed by atoms with van der Waals surface area (Å²) in [5.74, 6) is -0.274. The predicted molar refractivity (Wildman–Crippen MR) is 282 cm³/mol. The van der Waals surface area contributed by atoms with E-state index in [1.54, 1.807) is 6.08 Å². The van der Waals surface area contributed by atoms with Gasteiger partial charge in [-0.15, -0.1) is 0 Å². The molecule has 3 saturated heterocycles. The van der Waals surface area contributed by atoms with E-state index < -0.39 is 124 Å². The molecule has 3 fully saturated rings. The standard InChI is InChI=1S/C56H105NO18/c1-3-5-7-9-11-13-15-16-17-18-19-20-21-22-24-26-28-30-32-34-44(62)57-39(40(61)33-31-29-27-25-23-14-12-10-8-6-4-2)38-70-54-50(68)47(65)52(42(36-59)72-54)75-56-51(69)48(66)53(43(37-60)73-56)74-55-49(67)46(64)45(63)41(35-58)71-55/h31,33,39-43,45-56,58-61,63-69H,3-30,32,34-38H2,1-2H3,(H,57,62)/b33-31+. The monoisotopic (exact) mass is 1080 g/mol. The Bertz CT molecular complexity index is 1430. The third-order valence-corrected chi connectivity index (χ3v) is 15.1. The van der Waals surface area contributed by atoms with Crippen molar-refractivity contribution in [2.45, 2.75) is 311 Å². The number of hydrogen-bond donors (Lipinski definition) is 12. The summed E-state index contributed by atoms with van der Waals surface area (Å²) in [4.78, 5) is 13.3. The van der Waals surface area contributed by atoms with Gasteiger partial charge in [-0.05, 0) is 19.3 Å². The SMILES string of the molecule is CCCCCCCCCCC/C=C/C(O)C(COC1OC(CO)C(OC2OC(CO)C(OC3OC(CO)C(O)C(O)C3O)C(O)C2O)C(O)C1O)NC(=O)CCCCCCCCCCCCCCCCCCCCC. The number of aliphatic hydroxyl groups is 11. The van der Waals surface area contributed by atoms with Crippen LogP contribution in [-0.2, 0) is 33.2 Å². The molecule has 0 spiro atoms. The third-order valence-electron chi connectivity index (χ3n) is 15.1. The first-order valence-corrected chi connectivity index (χ1v) is 29.4. The summed E-state index contributed by atoms with van der Waals surface area (Å²) in [6.45, 7) is 1.71. The van der Waals surface area contributed by atoms with Crippen molar-refractivity contribution < 1.29 is 89.4 Å². The number of nitrogens with one attached hydrogen (secondary N) is 1. The van der Waals surface area contributed by atoms with E-state index in [0.717, 1.165) is 44.9 Å². The van der Waals surface area contributed by atoms with Crippen LogP contribution >= 0.6 is 0 Å². The molecule has 75 heavy (non-hydrogen) atoms. The van der Waals surface area contributed by atoms with Crippen LogP contribution in [0.1, 0.15) is 206 Å². The normalized spacial score (nSPS) is 31.2. The van der Waals surface area contributed by atoms with Crippen LogP contribution in [0, 0.1) is 0 Å². The lowest BCUT2D eigenvalue weighted by molar-refractivity contribution is -0.379. The second kappa shape index (κ2) is 40.7. The van der Waals surface area contributed by atoms with Crippen LogP contribution in [-0.4, -0.2) is 193 Å². The second-order valence-electron chi connectivity index (χ2n) is 21.5. The van der Waals surface area contributed by atoms with Gasteiger partial charge in [-0.3, -0.25) is 4.79 Å². The molecular formula is C56H105NO18. The van der Waals surface area contributed by atoms with E-state index in [9.17, 15) is 61.0 Å². The molecule has 3 rings (SSSR count). The lowest BCUT2D eigenvalue weighted by Gasteiger charge is -2.48. The van der Waals surface area contributed by atoms with Gasteiger partial charge in [-0.2, -0.15) is 0 Å². The number of aliphatic hydroxyl groups excluding tert-OH is 11. The molecule has 3 aliphatic rings. The highest BCUT2D eigenvalue weighted by atomic mass is 16.8. The van der Waals surface area contributed by atoms with Crippen LogP contribution < -0.4 is 5.32 Å². The van der Waals surface area contributed by atoms with Crippen LogP contribution in [0.25, 0.3) is 0 Å². The van der Waals surface area contributed by atoms with Crippen LogP contribution in [0.2, 0.25) is 0 Å². The van der Waals surface area contributed by atoms with Crippen molar-refractivity contribution >= 4 is 5.91 Å². The van der Waals surface area contributed by atoms with Crippen molar-refractivity contribution in [1.82, 2.24) is 5.32 Å². The zero-order valence-electron chi connectivity index (χ0n) is 45.8. The van der Waals surface area contributed by atoms with E-state index in [1.165, 1.54) is 135 Å². The zero-order valence-corrected chi connectivity index (χ0v) is 45.8. The predicted octanol–water partition coefficient (Wildman–Crippen LogP) is 4.60. The maximum Gasteiger partial charge on any atom is 0.220 e. The van der Waals surface area contributed by atoms with Gasteiger partial charge in [-0.1, -0.05) is 193 Å². The van der Waals surface area contributed by atoms with Crippen LogP contribution in [0.5, 0.6) is 0 Å². The number of rotatable bonds is 43. The summed E-state index contributed by atoms with van der Waals surface area (Å²) in [7, 11) is 0. The molecule has 17 atom stereocenters. The Morgan fingerprint density at radius 2 is 0.827 bits per heavy atom. The molecule has 19 nitrogen and oxygen atoms in total. The molecular weight excluding hydrogens is 975 g/mol. The summed E-state index contributed by atoms with van der Waals surface area (Å²) < 4.78 is 34.2. The molecule has 442 valence electrons. The fraction of sp³-hybridized carbons (Fsp3) is 0.946. The first-order valence-electron chi connectivity index (χ1n) is 29.4. The maximum atomic E-state index is 13.3. The zero-order chi connectivity index (χ0) is 54.8. The molecule has 0 aromatic carbocycles. The van der Waals surface area contributed by atoms with Crippen LogP contribution in [0.3, 0.4) is 0 Å². The number of ether oxygens (including phenoxy) is 6. The van der Waals surface area contributed by atoms with E-state index in [2.05, 4.69) is 19.2 Å². The van der Waals surface area contributed by atoms with E-state index in [4.69, 9.17) is 28.4 Å². The first-order chi connectivity index (χ1) is 36.3. The smallest absolute Gasteiger partial charge is 0.220 e. The Morgan fingerprint density at radius 3 is 1.25 bits per heavy atom. The minimum absolute atomic E-state index is 0.249. The third kappa shape index (κ3) is 25.3. The molecule has 3 aliphatic heterocycles. The molecule has 0 aromatic rings. The number of hydrogen-bond acceptors (Lipinski definition) is 18. The van der Waals surface area contributed by atoms with Crippen molar-refractivity contribution in [2.75, 3.05) is 26.4 Å². The Morgan fingerprint density at radius 1 is 0.467 bits per heavy atom. The number of unbranched alkanes of at least 4 members (excludes halogenated alkanes) is 27. The number of carbonyl (C=O) groups excluding carboxylic acids is 1. The Balaban J connectivity index is 1.49. The summed E-state index contributed by atoms with van der Waals surface area (Å²) >= 11 is 0. The quantitative estimate of drug-likeness (QED) is 0.0293. The average molecular weight is 1080 g/mol. The fourth-order valence-corrected chi connectivity index (χ4v) is 10.2. The molecule has 1 amide bonds. The minimum Gasteiger partial charge on any atom is -0.394 e. The average Bonchev–Trinajstić information content (AvgIpc) is 3.41. The lowest BCUT2D eigenvalue weighted by atomic mass is 9.96. The fourth-order valence-electron chi connectivity index (χ4n) is 10.2. The van der Waals surface area contributed by atoms with E-state index >= 15 is 0 Å². The van der Waals surface area contributed by atoms with Gasteiger partial charge in [-0.25, -0.2) is 0 Å². The van der Waals surface area contributed by atoms with E-state index in [-0.39, 0.29) is 18.9 Å². The molecule has 0 saturated carbocycles. The van der Waals surface area contributed by atoms with Gasteiger partial charge in [0, 0.05) is 6.42 Å². The van der Waals surface area contributed by atoms with Gasteiger partial charge in [0.05, 0.1) is 38.6 Å². The minimum atomic E-state index is -1.97. The Labute approximate surface area is 448 Å². The van der Waals surface area contributed by atoms with Gasteiger partial charge < -0.3 is 89.9 Å². The largest absolute Gasteiger partial charge is 0.394 e. The molecule has 0 aliphatic carbocycles. The van der Waals surface area contributed by atoms with Gasteiger partial charge >= 0.3 is 0 Å². The number of allylic oxidation sites excluding steroid dienone is 1. The summed E-state index contributed by atoms with van der Waals surface area (Å²) in [6, 6.07) is -0.965. The van der Waals surface area contributed by atoms with Crippen LogP contribution in [0.15, 0.2) is 12.2 Å². The topological polar surface area (TPSA) is 307 Å². The highest BCUT2D eigenvalue weighted by Gasteiger charge is 2.53. The van der Waals surface area contributed by atoms with Crippen molar-refractivity contribution in [3.8, 4) is 0 Å². The number of carbonyl (C=O) groups is 1. The maximum absolute atomic E-state index is 13.3. The molecule has 3 heterocycles. The second-order valence-corrected chi connectivity index (χ2v) is 21.5. The van der Waals surface area contributed by atoms with Crippen molar-refractivity contribution in [1.29, 1.82) is 0 Å². The summed E-state index contributed by atoms with van der Waals surface area (Å²) in [5, 5.41) is 120. The van der Waals surface area contributed by atoms with Crippen molar-refractivity contribution in [2.24, 2.45) is 0 Å². The summed E-state index contributed by atoms with van der Waals surface area (Å²) in [5.41, 5.74) is 0. The molecule has 0 radical (unpaired) electrons. The van der Waals surface area contributed by atoms with E-state index in [0.29, 0.717) is 6.42 Å². The van der Waals surface area contributed by atoms with E-state index in [1.807, 2.05) is 6.08 Å². The van der Waals surface area contributed by atoms with Gasteiger partial charge in [0.1, 0.15) is 73.2 Å². The molecule has 19 heteroatoms.